The molecule has 0 fully saturated rings. The third kappa shape index (κ3) is 1.99. The van der Waals surface area contributed by atoms with Crippen molar-refractivity contribution in [2.24, 2.45) is 0 Å². The van der Waals surface area contributed by atoms with Crippen molar-refractivity contribution in [3.63, 3.8) is 0 Å². The normalized spacial score (nSPS) is 13.0. The zero-order valence-corrected chi connectivity index (χ0v) is 6.42. The van der Waals surface area contributed by atoms with Crippen LogP contribution in [0.5, 0.6) is 0 Å². The molecule has 1 N–H and O–H groups in total. The minimum atomic E-state index is -1.28. The van der Waals surface area contributed by atoms with E-state index in [-0.39, 0.29) is 5.56 Å². The van der Waals surface area contributed by atoms with Crippen molar-refractivity contribution >= 4 is 0 Å². The molecular formula is C8H8F2O2. The predicted octanol–water partition coefficient (Wildman–Crippen LogP) is 1.60. The van der Waals surface area contributed by atoms with E-state index in [1.807, 2.05) is 0 Å². The molecule has 0 bridgehead atoms. The Morgan fingerprint density at radius 3 is 2.17 bits per heavy atom. The van der Waals surface area contributed by atoms with Gasteiger partial charge in [0, 0.05) is 18.7 Å². The third-order valence-electron chi connectivity index (χ3n) is 1.39. The second kappa shape index (κ2) is 3.60. The van der Waals surface area contributed by atoms with Crippen molar-refractivity contribution in [3.05, 3.63) is 35.4 Å². The molecule has 1 atom stereocenters. The molecule has 0 aliphatic carbocycles. The van der Waals surface area contributed by atoms with Crippen LogP contribution in [0.1, 0.15) is 11.9 Å². The van der Waals surface area contributed by atoms with E-state index < -0.39 is 17.9 Å². The molecule has 4 heteroatoms. The van der Waals surface area contributed by atoms with Gasteiger partial charge in [0.15, 0.2) is 6.29 Å². The Balaban J connectivity index is 3.00. The Morgan fingerprint density at radius 1 is 1.25 bits per heavy atom. The predicted molar refractivity (Wildman–Crippen MR) is 38.3 cm³/mol. The highest BCUT2D eigenvalue weighted by Gasteiger charge is 2.08. The van der Waals surface area contributed by atoms with E-state index >= 15 is 0 Å². The molecule has 2 nitrogen and oxygen atoms in total. The van der Waals surface area contributed by atoms with Gasteiger partial charge in [-0.05, 0) is 12.1 Å². The van der Waals surface area contributed by atoms with Crippen LogP contribution in [0, 0.1) is 11.6 Å². The summed E-state index contributed by atoms with van der Waals surface area (Å²) in [5, 5.41) is 9.02. The number of aliphatic hydroxyl groups is 1. The van der Waals surface area contributed by atoms with E-state index in [0.717, 1.165) is 18.2 Å². The minimum absolute atomic E-state index is 0.0648. The largest absolute Gasteiger partial charge is 0.364 e. The van der Waals surface area contributed by atoms with Crippen molar-refractivity contribution in [2.75, 3.05) is 7.11 Å². The molecule has 0 spiro atoms. The summed E-state index contributed by atoms with van der Waals surface area (Å²) in [6.07, 6.45) is -1.28. The lowest BCUT2D eigenvalue weighted by molar-refractivity contribution is -0.0772. The zero-order chi connectivity index (χ0) is 9.14. The van der Waals surface area contributed by atoms with E-state index in [2.05, 4.69) is 4.74 Å². The van der Waals surface area contributed by atoms with E-state index in [9.17, 15) is 8.78 Å². The number of hydrogen-bond donors (Lipinski definition) is 1. The maximum atomic E-state index is 12.5. The van der Waals surface area contributed by atoms with Crippen molar-refractivity contribution in [2.45, 2.75) is 6.29 Å². The van der Waals surface area contributed by atoms with Gasteiger partial charge in [0.1, 0.15) is 11.6 Å². The number of benzene rings is 1. The van der Waals surface area contributed by atoms with E-state index in [0.29, 0.717) is 0 Å². The summed E-state index contributed by atoms with van der Waals surface area (Å²) in [5.74, 6) is -1.47. The molecular weight excluding hydrogens is 166 g/mol. The van der Waals surface area contributed by atoms with Crippen LogP contribution in [0.25, 0.3) is 0 Å². The highest BCUT2D eigenvalue weighted by atomic mass is 19.1. The molecule has 0 amide bonds. The van der Waals surface area contributed by atoms with Crippen LogP contribution >= 0.6 is 0 Å². The fraction of sp³-hybridized carbons (Fsp3) is 0.250. The molecule has 66 valence electrons. The van der Waals surface area contributed by atoms with E-state index in [1.54, 1.807) is 0 Å². The van der Waals surface area contributed by atoms with Gasteiger partial charge >= 0.3 is 0 Å². The van der Waals surface area contributed by atoms with E-state index in [4.69, 9.17) is 5.11 Å². The van der Waals surface area contributed by atoms with Crippen molar-refractivity contribution in [3.8, 4) is 0 Å². The van der Waals surface area contributed by atoms with Gasteiger partial charge in [-0.3, -0.25) is 0 Å². The van der Waals surface area contributed by atoms with Gasteiger partial charge in [0.25, 0.3) is 0 Å². The Morgan fingerprint density at radius 2 is 1.75 bits per heavy atom. The Hall–Kier alpha value is -1.00. The van der Waals surface area contributed by atoms with Gasteiger partial charge in [-0.2, -0.15) is 0 Å². The van der Waals surface area contributed by atoms with Crippen molar-refractivity contribution < 1.29 is 18.6 Å². The molecule has 12 heavy (non-hydrogen) atoms. The fourth-order valence-corrected chi connectivity index (χ4v) is 0.854. The summed E-state index contributed by atoms with van der Waals surface area (Å²) in [5.41, 5.74) is 0.0648. The van der Waals surface area contributed by atoms with Crippen LogP contribution in [0.15, 0.2) is 18.2 Å². The monoisotopic (exact) mass is 174 g/mol. The first kappa shape index (κ1) is 9.09. The number of hydrogen-bond acceptors (Lipinski definition) is 2. The molecule has 0 saturated heterocycles. The third-order valence-corrected chi connectivity index (χ3v) is 1.39. The average Bonchev–Trinajstić information content (AvgIpc) is 2.01. The summed E-state index contributed by atoms with van der Waals surface area (Å²) < 4.78 is 29.5. The van der Waals surface area contributed by atoms with Gasteiger partial charge < -0.3 is 9.84 Å². The summed E-state index contributed by atoms with van der Waals surface area (Å²) in [6.45, 7) is 0. The first-order chi connectivity index (χ1) is 5.63. The maximum Gasteiger partial charge on any atom is 0.181 e. The molecule has 1 aromatic rings. The number of halogens is 2. The second-order valence-corrected chi connectivity index (χ2v) is 2.29. The zero-order valence-electron chi connectivity index (χ0n) is 6.42. The summed E-state index contributed by atoms with van der Waals surface area (Å²) in [4.78, 5) is 0. The van der Waals surface area contributed by atoms with E-state index in [1.165, 1.54) is 7.11 Å². The van der Waals surface area contributed by atoms with Crippen LogP contribution in [0.2, 0.25) is 0 Å². The molecule has 1 unspecified atom stereocenters. The first-order valence-corrected chi connectivity index (χ1v) is 3.30. The molecule has 1 aromatic carbocycles. The molecule has 0 aliphatic heterocycles. The lowest BCUT2D eigenvalue weighted by atomic mass is 10.2. The SMILES string of the molecule is COC(O)c1cc(F)cc(F)c1. The molecule has 0 aliphatic rings. The van der Waals surface area contributed by atoms with Crippen molar-refractivity contribution in [1.82, 2.24) is 0 Å². The van der Waals surface area contributed by atoms with Gasteiger partial charge in [0.2, 0.25) is 0 Å². The first-order valence-electron chi connectivity index (χ1n) is 3.30. The fourth-order valence-electron chi connectivity index (χ4n) is 0.854. The Bertz CT molecular complexity index is 256. The van der Waals surface area contributed by atoms with Gasteiger partial charge in [-0.15, -0.1) is 0 Å². The van der Waals surface area contributed by atoms with Crippen LogP contribution < -0.4 is 0 Å². The standard InChI is InChI=1S/C8H8F2O2/c1-12-8(11)5-2-6(9)4-7(10)3-5/h2-4,8,11H,1H3. The quantitative estimate of drug-likeness (QED) is 0.690. The highest BCUT2D eigenvalue weighted by Crippen LogP contribution is 2.15. The average molecular weight is 174 g/mol. The van der Waals surface area contributed by atoms with Gasteiger partial charge in [0.05, 0.1) is 0 Å². The minimum Gasteiger partial charge on any atom is -0.364 e. The lowest BCUT2D eigenvalue weighted by Gasteiger charge is -2.08. The second-order valence-electron chi connectivity index (χ2n) is 2.29. The van der Waals surface area contributed by atoms with Crippen LogP contribution in [0.3, 0.4) is 0 Å². The summed E-state index contributed by atoms with van der Waals surface area (Å²) >= 11 is 0. The smallest absolute Gasteiger partial charge is 0.181 e. The maximum absolute atomic E-state index is 12.5. The number of ether oxygens (including phenoxy) is 1. The molecule has 0 heterocycles. The lowest BCUT2D eigenvalue weighted by Crippen LogP contribution is -2.00. The number of rotatable bonds is 2. The Labute approximate surface area is 68.4 Å². The molecule has 0 radical (unpaired) electrons. The molecule has 1 rings (SSSR count). The van der Waals surface area contributed by atoms with Crippen LogP contribution in [-0.4, -0.2) is 12.2 Å². The van der Waals surface area contributed by atoms with Crippen LogP contribution in [-0.2, 0) is 4.74 Å². The Kier molecular flexibility index (Phi) is 2.73. The number of aliphatic hydroxyl groups excluding tert-OH is 1. The summed E-state index contributed by atoms with van der Waals surface area (Å²) in [7, 11) is 1.24. The van der Waals surface area contributed by atoms with Crippen LogP contribution in [0.4, 0.5) is 8.78 Å². The topological polar surface area (TPSA) is 29.5 Å². The summed E-state index contributed by atoms with van der Waals surface area (Å²) in [6, 6.07) is 2.75. The molecule has 0 aromatic heterocycles. The molecule has 0 saturated carbocycles. The van der Waals surface area contributed by atoms with Gasteiger partial charge in [-0.25, -0.2) is 8.78 Å². The van der Waals surface area contributed by atoms with Gasteiger partial charge in [-0.1, -0.05) is 0 Å². The van der Waals surface area contributed by atoms with Crippen molar-refractivity contribution in [1.29, 1.82) is 0 Å². The number of methoxy groups -OCH3 is 1. The highest BCUT2D eigenvalue weighted by molar-refractivity contribution is 5.18.